The molecule has 1 aromatic heterocycles. The zero-order valence-corrected chi connectivity index (χ0v) is 12.6. The van der Waals surface area contributed by atoms with Crippen LogP contribution in [0.5, 0.6) is 5.75 Å². The first kappa shape index (κ1) is 14.4. The van der Waals surface area contributed by atoms with Crippen LogP contribution in [-0.4, -0.2) is 28.0 Å². The molecule has 1 heterocycles. The van der Waals surface area contributed by atoms with Gasteiger partial charge in [0.2, 0.25) is 0 Å². The highest BCUT2D eigenvalue weighted by Crippen LogP contribution is 2.25. The number of nitrogens with zero attached hydrogens (tertiary/aromatic N) is 2. The topological polar surface area (TPSA) is 76.4 Å². The Kier molecular flexibility index (Phi) is 4.29. The highest BCUT2D eigenvalue weighted by molar-refractivity contribution is 9.10. The first-order chi connectivity index (χ1) is 9.51. The van der Waals surface area contributed by atoms with Crippen molar-refractivity contribution < 1.29 is 14.6 Å². The van der Waals surface area contributed by atoms with Gasteiger partial charge in [-0.25, -0.2) is 4.79 Å². The third kappa shape index (κ3) is 3.11. The molecule has 20 heavy (non-hydrogen) atoms. The molecule has 6 nitrogen and oxygen atoms in total. The minimum absolute atomic E-state index is 0.196. The monoisotopic (exact) mass is 339 g/mol. The Balaban J connectivity index is 2.19. The van der Waals surface area contributed by atoms with E-state index in [1.165, 1.54) is 6.20 Å². The van der Waals surface area contributed by atoms with Crippen molar-refractivity contribution in [1.82, 2.24) is 9.78 Å². The number of benzene rings is 1. The summed E-state index contributed by atoms with van der Waals surface area (Å²) in [7, 11) is 3.31. The Morgan fingerprint density at radius 3 is 2.90 bits per heavy atom. The predicted octanol–water partition coefficient (Wildman–Crippen LogP) is 2.50. The van der Waals surface area contributed by atoms with Crippen LogP contribution in [0.2, 0.25) is 0 Å². The number of aromatic carboxylic acids is 1. The standard InChI is InChI=1S/C13H14BrN3O3/c1-17-12(11(6-16-17)13(18)19)7-15-9-3-8(14)4-10(5-9)20-2/h3-6,15H,7H2,1-2H3,(H,18,19). The largest absolute Gasteiger partial charge is 0.497 e. The Morgan fingerprint density at radius 1 is 1.50 bits per heavy atom. The first-order valence-corrected chi connectivity index (χ1v) is 6.63. The molecule has 0 spiro atoms. The van der Waals surface area contributed by atoms with E-state index in [-0.39, 0.29) is 5.56 Å². The number of halogens is 1. The smallest absolute Gasteiger partial charge is 0.339 e. The number of rotatable bonds is 5. The van der Waals surface area contributed by atoms with Crippen LogP contribution < -0.4 is 10.1 Å². The summed E-state index contributed by atoms with van der Waals surface area (Å²) >= 11 is 3.39. The molecular weight excluding hydrogens is 326 g/mol. The molecule has 7 heteroatoms. The van der Waals surface area contributed by atoms with Crippen molar-refractivity contribution in [2.75, 3.05) is 12.4 Å². The average Bonchev–Trinajstić information content (AvgIpc) is 2.77. The van der Waals surface area contributed by atoms with Gasteiger partial charge in [-0.3, -0.25) is 4.68 Å². The maximum atomic E-state index is 11.1. The van der Waals surface area contributed by atoms with Crippen LogP contribution in [0.3, 0.4) is 0 Å². The third-order valence-corrected chi connectivity index (χ3v) is 3.32. The average molecular weight is 340 g/mol. The van der Waals surface area contributed by atoms with E-state index < -0.39 is 5.97 Å². The van der Waals surface area contributed by atoms with Gasteiger partial charge >= 0.3 is 5.97 Å². The molecule has 0 bridgehead atoms. The van der Waals surface area contributed by atoms with Crippen LogP contribution >= 0.6 is 15.9 Å². The number of carbonyl (C=O) groups is 1. The van der Waals surface area contributed by atoms with E-state index >= 15 is 0 Å². The lowest BCUT2D eigenvalue weighted by molar-refractivity contribution is 0.0695. The third-order valence-electron chi connectivity index (χ3n) is 2.86. The second kappa shape index (κ2) is 5.96. The van der Waals surface area contributed by atoms with Crippen molar-refractivity contribution in [2.24, 2.45) is 7.05 Å². The van der Waals surface area contributed by atoms with E-state index in [2.05, 4.69) is 26.3 Å². The Labute approximate surface area is 124 Å². The van der Waals surface area contributed by atoms with Gasteiger partial charge in [0, 0.05) is 23.3 Å². The zero-order chi connectivity index (χ0) is 14.7. The summed E-state index contributed by atoms with van der Waals surface area (Å²) in [5.74, 6) is -0.271. The number of hydrogen-bond acceptors (Lipinski definition) is 4. The van der Waals surface area contributed by atoms with E-state index in [4.69, 9.17) is 9.84 Å². The van der Waals surface area contributed by atoms with Crippen molar-refractivity contribution >= 4 is 27.6 Å². The Bertz CT molecular complexity index is 640. The number of nitrogens with one attached hydrogen (secondary N) is 1. The first-order valence-electron chi connectivity index (χ1n) is 5.84. The van der Waals surface area contributed by atoms with Crippen LogP contribution in [0.1, 0.15) is 16.1 Å². The van der Waals surface area contributed by atoms with E-state index in [0.29, 0.717) is 18.0 Å². The summed E-state index contributed by atoms with van der Waals surface area (Å²) in [6.07, 6.45) is 1.35. The lowest BCUT2D eigenvalue weighted by Gasteiger charge is -2.10. The summed E-state index contributed by atoms with van der Waals surface area (Å²) in [4.78, 5) is 11.1. The van der Waals surface area contributed by atoms with Crippen LogP contribution in [0.25, 0.3) is 0 Å². The molecule has 1 aromatic carbocycles. The lowest BCUT2D eigenvalue weighted by Crippen LogP contribution is -2.10. The van der Waals surface area contributed by atoms with E-state index in [9.17, 15) is 4.79 Å². The lowest BCUT2D eigenvalue weighted by atomic mass is 10.2. The van der Waals surface area contributed by atoms with Crippen molar-refractivity contribution in [3.63, 3.8) is 0 Å². The van der Waals surface area contributed by atoms with Gasteiger partial charge in [-0.15, -0.1) is 0 Å². The molecule has 0 radical (unpaired) electrons. The Morgan fingerprint density at radius 2 is 2.25 bits per heavy atom. The Hall–Kier alpha value is -2.02. The van der Waals surface area contributed by atoms with Crippen LogP contribution in [0, 0.1) is 0 Å². The second-order valence-corrected chi connectivity index (χ2v) is 5.08. The zero-order valence-electron chi connectivity index (χ0n) is 11.1. The molecular formula is C13H14BrN3O3. The molecule has 0 saturated carbocycles. The highest BCUT2D eigenvalue weighted by Gasteiger charge is 2.14. The van der Waals surface area contributed by atoms with Gasteiger partial charge in [0.1, 0.15) is 11.3 Å². The number of ether oxygens (including phenoxy) is 1. The number of anilines is 1. The van der Waals surface area contributed by atoms with Crippen molar-refractivity contribution in [3.05, 3.63) is 40.1 Å². The van der Waals surface area contributed by atoms with Crippen molar-refractivity contribution in [2.45, 2.75) is 6.54 Å². The van der Waals surface area contributed by atoms with Gasteiger partial charge in [0.15, 0.2) is 0 Å². The number of carboxylic acids is 1. The molecule has 0 aliphatic rings. The number of aryl methyl sites for hydroxylation is 1. The van der Waals surface area contributed by atoms with Gasteiger partial charge < -0.3 is 15.2 Å². The second-order valence-electron chi connectivity index (χ2n) is 4.17. The molecule has 0 atom stereocenters. The molecule has 0 aliphatic carbocycles. The molecule has 0 fully saturated rings. The summed E-state index contributed by atoms with van der Waals surface area (Å²) in [5, 5.41) is 16.2. The number of hydrogen-bond donors (Lipinski definition) is 2. The minimum atomic E-state index is -0.985. The minimum Gasteiger partial charge on any atom is -0.497 e. The van der Waals surface area contributed by atoms with Crippen molar-refractivity contribution in [3.8, 4) is 5.75 Å². The molecule has 0 amide bonds. The van der Waals surface area contributed by atoms with Crippen molar-refractivity contribution in [1.29, 1.82) is 0 Å². The summed E-state index contributed by atoms with van der Waals surface area (Å²) < 4.78 is 7.60. The molecule has 0 unspecified atom stereocenters. The summed E-state index contributed by atoms with van der Waals surface area (Å²) in [6, 6.07) is 5.57. The highest BCUT2D eigenvalue weighted by atomic mass is 79.9. The fourth-order valence-corrected chi connectivity index (χ4v) is 2.29. The number of carboxylic acid groups (broad SMARTS) is 1. The molecule has 0 aliphatic heterocycles. The van der Waals surface area contributed by atoms with E-state index in [1.54, 1.807) is 18.8 Å². The maximum absolute atomic E-state index is 11.1. The quantitative estimate of drug-likeness (QED) is 0.875. The van der Waals surface area contributed by atoms with Gasteiger partial charge in [-0.1, -0.05) is 15.9 Å². The molecule has 2 rings (SSSR count). The molecule has 0 saturated heterocycles. The van der Waals surface area contributed by atoms with E-state index in [1.807, 2.05) is 18.2 Å². The molecule has 2 aromatic rings. The summed E-state index contributed by atoms with van der Waals surface area (Å²) in [5.41, 5.74) is 1.63. The fraction of sp³-hybridized carbons (Fsp3) is 0.231. The van der Waals surface area contributed by atoms with Gasteiger partial charge in [-0.2, -0.15) is 5.10 Å². The molecule has 106 valence electrons. The van der Waals surface area contributed by atoms with Gasteiger partial charge in [0.05, 0.1) is 25.5 Å². The summed E-state index contributed by atoms with van der Waals surface area (Å²) in [6.45, 7) is 0.359. The van der Waals surface area contributed by atoms with Gasteiger partial charge in [0.25, 0.3) is 0 Å². The predicted molar refractivity (Wildman–Crippen MR) is 78.2 cm³/mol. The van der Waals surface area contributed by atoms with E-state index in [0.717, 1.165) is 10.2 Å². The fourth-order valence-electron chi connectivity index (χ4n) is 1.82. The maximum Gasteiger partial charge on any atom is 0.339 e. The van der Waals surface area contributed by atoms with Gasteiger partial charge in [-0.05, 0) is 12.1 Å². The van der Waals surface area contributed by atoms with Crippen LogP contribution in [0.4, 0.5) is 5.69 Å². The normalized spacial score (nSPS) is 10.3. The van der Waals surface area contributed by atoms with Crippen LogP contribution in [-0.2, 0) is 13.6 Å². The SMILES string of the molecule is COc1cc(Br)cc(NCc2c(C(=O)O)cnn2C)c1. The number of methoxy groups -OCH3 is 1. The van der Waals surface area contributed by atoms with Crippen LogP contribution in [0.15, 0.2) is 28.9 Å². The molecule has 2 N–H and O–H groups in total. The number of aromatic nitrogens is 2.